The van der Waals surface area contributed by atoms with Crippen LogP contribution >= 0.6 is 0 Å². The predicted octanol–water partition coefficient (Wildman–Crippen LogP) is 1.12. The summed E-state index contributed by atoms with van der Waals surface area (Å²) in [6, 6.07) is 3.65. The molecule has 4 N–H and O–H groups in total. The molecule has 2 aromatic rings. The molecule has 1 aliphatic rings. The predicted molar refractivity (Wildman–Crippen MR) is 68.3 cm³/mol. The minimum Gasteiger partial charge on any atom is -0.323 e. The van der Waals surface area contributed by atoms with E-state index in [2.05, 4.69) is 25.8 Å². The fraction of sp³-hybridized carbons (Fsp3) is 0.364. The highest BCUT2D eigenvalue weighted by Crippen LogP contribution is 2.38. The van der Waals surface area contributed by atoms with Gasteiger partial charge in [-0.2, -0.15) is 5.10 Å². The number of nitrogens with two attached hydrogens (primary N) is 1. The Labute approximate surface area is 104 Å². The van der Waals surface area contributed by atoms with Gasteiger partial charge < -0.3 is 10.7 Å². The third-order valence-electron chi connectivity index (χ3n) is 2.80. The lowest BCUT2D eigenvalue weighted by Gasteiger charge is -2.07. The molecule has 2 heterocycles. The van der Waals surface area contributed by atoms with E-state index < -0.39 is 0 Å². The fourth-order valence-corrected chi connectivity index (χ4v) is 1.74. The second kappa shape index (κ2) is 4.26. The van der Waals surface area contributed by atoms with E-state index in [9.17, 15) is 0 Å². The fourth-order valence-electron chi connectivity index (χ4n) is 1.74. The summed E-state index contributed by atoms with van der Waals surface area (Å²) in [4.78, 5) is 8.83. The molecule has 3 rings (SSSR count). The van der Waals surface area contributed by atoms with Gasteiger partial charge in [0.05, 0.1) is 0 Å². The maximum atomic E-state index is 5.42. The maximum Gasteiger partial charge on any atom is 0.153 e. The van der Waals surface area contributed by atoms with Gasteiger partial charge in [0.1, 0.15) is 17.5 Å². The van der Waals surface area contributed by atoms with Gasteiger partial charge in [-0.05, 0) is 12.8 Å². The highest BCUT2D eigenvalue weighted by atomic mass is 15.3. The first-order valence-electron chi connectivity index (χ1n) is 5.87. The molecular weight excluding hydrogens is 230 g/mol. The number of nitrogen functional groups attached to an aromatic ring is 1. The van der Waals surface area contributed by atoms with E-state index in [0.29, 0.717) is 17.6 Å². The van der Waals surface area contributed by atoms with Crippen molar-refractivity contribution in [3.05, 3.63) is 24.2 Å². The summed E-state index contributed by atoms with van der Waals surface area (Å²) in [6.45, 7) is 0. The number of aromatic nitrogens is 4. The van der Waals surface area contributed by atoms with Gasteiger partial charge >= 0.3 is 0 Å². The summed E-state index contributed by atoms with van der Waals surface area (Å²) in [5.41, 5.74) is 2.56. The van der Waals surface area contributed by atoms with E-state index in [-0.39, 0.29) is 0 Å². The average Bonchev–Trinajstić information content (AvgIpc) is 3.14. The van der Waals surface area contributed by atoms with Crippen molar-refractivity contribution in [2.75, 3.05) is 10.7 Å². The molecule has 18 heavy (non-hydrogen) atoms. The number of hydrogen-bond donors (Lipinski definition) is 3. The Morgan fingerprint density at radius 1 is 1.28 bits per heavy atom. The summed E-state index contributed by atoms with van der Waals surface area (Å²) in [5, 5.41) is 7.39. The van der Waals surface area contributed by atoms with Crippen molar-refractivity contribution >= 4 is 17.5 Å². The normalized spacial score (nSPS) is 14.6. The third-order valence-corrected chi connectivity index (χ3v) is 2.80. The zero-order valence-electron chi connectivity index (χ0n) is 10.1. The van der Waals surface area contributed by atoms with Gasteiger partial charge in [-0.25, -0.2) is 15.8 Å². The number of hydrogen-bond acceptors (Lipinski definition) is 6. The Kier molecular flexibility index (Phi) is 2.60. The topological polar surface area (TPSA) is 93.7 Å². The first kappa shape index (κ1) is 11.0. The molecule has 0 unspecified atom stereocenters. The van der Waals surface area contributed by atoms with E-state index in [1.54, 1.807) is 10.7 Å². The van der Waals surface area contributed by atoms with Crippen LogP contribution in [0, 0.1) is 0 Å². The molecule has 7 nitrogen and oxygen atoms in total. The molecule has 1 aliphatic carbocycles. The lowest BCUT2D eigenvalue weighted by Crippen LogP contribution is -2.11. The second-order valence-electron chi connectivity index (χ2n) is 4.41. The lowest BCUT2D eigenvalue weighted by atomic mass is 10.4. The Bertz CT molecular complexity index is 558. The Balaban J connectivity index is 1.88. The first-order chi connectivity index (χ1) is 8.74. The average molecular weight is 245 g/mol. The number of aryl methyl sites for hydroxylation is 1. The molecule has 0 saturated heterocycles. The van der Waals surface area contributed by atoms with Crippen LogP contribution in [0.15, 0.2) is 18.3 Å². The number of anilines is 3. The molecule has 1 fully saturated rings. The summed E-state index contributed by atoms with van der Waals surface area (Å²) < 4.78 is 1.73. The van der Waals surface area contributed by atoms with Crippen molar-refractivity contribution in [3.63, 3.8) is 0 Å². The molecule has 0 radical (unpaired) electrons. The van der Waals surface area contributed by atoms with E-state index in [1.165, 1.54) is 0 Å². The van der Waals surface area contributed by atoms with Crippen LogP contribution in [0.3, 0.4) is 0 Å². The molecule has 7 heteroatoms. The highest BCUT2D eigenvalue weighted by Gasteiger charge is 2.27. The Hall–Kier alpha value is -2.15. The van der Waals surface area contributed by atoms with Crippen molar-refractivity contribution in [1.82, 2.24) is 19.7 Å². The van der Waals surface area contributed by atoms with Crippen LogP contribution in [0.25, 0.3) is 0 Å². The molecule has 1 saturated carbocycles. The Morgan fingerprint density at radius 3 is 2.67 bits per heavy atom. The molecule has 0 bridgehead atoms. The van der Waals surface area contributed by atoms with Crippen LogP contribution in [0.1, 0.15) is 24.6 Å². The van der Waals surface area contributed by atoms with E-state index in [0.717, 1.165) is 24.5 Å². The van der Waals surface area contributed by atoms with Gasteiger partial charge in [-0.1, -0.05) is 0 Å². The number of hydrazine groups is 1. The minimum absolute atomic E-state index is 0.475. The second-order valence-corrected chi connectivity index (χ2v) is 4.41. The monoisotopic (exact) mass is 245 g/mol. The molecule has 94 valence electrons. The van der Waals surface area contributed by atoms with Crippen LogP contribution in [0.2, 0.25) is 0 Å². The zero-order chi connectivity index (χ0) is 12.5. The van der Waals surface area contributed by atoms with Crippen LogP contribution < -0.4 is 16.6 Å². The number of nitrogens with zero attached hydrogens (tertiary/aromatic N) is 4. The molecular formula is C11H15N7. The SMILES string of the molecule is Cn1ccc(Nc2cc(NN)nc(C3CC3)n2)n1. The van der Waals surface area contributed by atoms with Crippen molar-refractivity contribution in [2.45, 2.75) is 18.8 Å². The van der Waals surface area contributed by atoms with E-state index in [4.69, 9.17) is 5.84 Å². The number of rotatable bonds is 4. The molecule has 2 aromatic heterocycles. The van der Waals surface area contributed by atoms with Crippen LogP contribution in [0.5, 0.6) is 0 Å². The summed E-state index contributed by atoms with van der Waals surface area (Å²) in [7, 11) is 1.87. The largest absolute Gasteiger partial charge is 0.323 e. The zero-order valence-corrected chi connectivity index (χ0v) is 10.1. The van der Waals surface area contributed by atoms with Crippen molar-refractivity contribution in [1.29, 1.82) is 0 Å². The quantitative estimate of drug-likeness (QED) is 0.552. The van der Waals surface area contributed by atoms with Crippen molar-refractivity contribution in [3.8, 4) is 0 Å². The molecule has 0 aromatic carbocycles. The van der Waals surface area contributed by atoms with Crippen molar-refractivity contribution in [2.24, 2.45) is 12.9 Å². The van der Waals surface area contributed by atoms with Crippen molar-refractivity contribution < 1.29 is 0 Å². The van der Waals surface area contributed by atoms with Gasteiger partial charge in [0.2, 0.25) is 0 Å². The summed E-state index contributed by atoms with van der Waals surface area (Å²) in [5.74, 6) is 8.80. The molecule has 0 spiro atoms. The highest BCUT2D eigenvalue weighted by molar-refractivity contribution is 5.55. The van der Waals surface area contributed by atoms with Crippen LogP contribution in [-0.2, 0) is 7.05 Å². The third kappa shape index (κ3) is 2.25. The smallest absolute Gasteiger partial charge is 0.153 e. The van der Waals surface area contributed by atoms with Gasteiger partial charge in [-0.3, -0.25) is 4.68 Å². The molecule has 0 atom stereocenters. The minimum atomic E-state index is 0.475. The lowest BCUT2D eigenvalue weighted by molar-refractivity contribution is 0.771. The van der Waals surface area contributed by atoms with E-state index in [1.807, 2.05) is 19.3 Å². The van der Waals surface area contributed by atoms with Gasteiger partial charge in [-0.15, -0.1) is 0 Å². The van der Waals surface area contributed by atoms with Gasteiger partial charge in [0, 0.05) is 31.3 Å². The Morgan fingerprint density at radius 2 is 2.06 bits per heavy atom. The van der Waals surface area contributed by atoms with E-state index >= 15 is 0 Å². The van der Waals surface area contributed by atoms with Gasteiger partial charge in [0.25, 0.3) is 0 Å². The van der Waals surface area contributed by atoms with Crippen LogP contribution in [-0.4, -0.2) is 19.7 Å². The molecule has 0 aliphatic heterocycles. The van der Waals surface area contributed by atoms with Gasteiger partial charge in [0.15, 0.2) is 5.82 Å². The number of nitrogens with one attached hydrogen (secondary N) is 2. The van der Waals surface area contributed by atoms with Crippen LogP contribution in [0.4, 0.5) is 17.5 Å². The first-order valence-corrected chi connectivity index (χ1v) is 5.87. The molecule has 0 amide bonds. The summed E-state index contributed by atoms with van der Waals surface area (Å²) in [6.07, 6.45) is 4.17. The maximum absolute atomic E-state index is 5.42. The summed E-state index contributed by atoms with van der Waals surface area (Å²) >= 11 is 0. The standard InChI is InChI=1S/C11H15N7/c1-18-5-4-8(17-18)13-9-6-10(16-12)15-11(14-9)7-2-3-7/h4-7H,2-3,12H2,1H3,(H2,13,14,15,16,17).